The largest absolute Gasteiger partial charge is 0.0582 e. The average molecular weight is 445 g/mol. The molecule has 0 saturated carbocycles. The van der Waals surface area contributed by atoms with Crippen LogP contribution in [-0.2, 0) is 21.7 Å². The van der Waals surface area contributed by atoms with Crippen molar-refractivity contribution in [3.8, 4) is 0 Å². The fourth-order valence-electron chi connectivity index (χ4n) is 4.41. The van der Waals surface area contributed by atoms with Gasteiger partial charge in [-0.3, -0.25) is 0 Å². The zero-order chi connectivity index (χ0) is 25.8. The van der Waals surface area contributed by atoms with Crippen LogP contribution in [0.15, 0.2) is 36.4 Å². The van der Waals surface area contributed by atoms with Gasteiger partial charge >= 0.3 is 0 Å². The van der Waals surface area contributed by atoms with Crippen molar-refractivity contribution >= 4 is 0 Å². The van der Waals surface area contributed by atoms with Crippen LogP contribution in [0.5, 0.6) is 0 Å². The molecule has 0 aromatic heterocycles. The lowest BCUT2D eigenvalue weighted by Crippen LogP contribution is -2.29. The first-order valence-electron chi connectivity index (χ1n) is 12.3. The number of benzene rings is 2. The van der Waals surface area contributed by atoms with Crippen molar-refractivity contribution in [1.82, 2.24) is 0 Å². The number of rotatable bonds is 3. The van der Waals surface area contributed by atoms with Crippen molar-refractivity contribution in [2.75, 3.05) is 0 Å². The van der Waals surface area contributed by atoms with Gasteiger partial charge in [0.15, 0.2) is 0 Å². The van der Waals surface area contributed by atoms with Crippen molar-refractivity contribution in [3.05, 3.63) is 96.5 Å². The third kappa shape index (κ3) is 6.32. The lowest BCUT2D eigenvalue weighted by atomic mass is 9.64. The van der Waals surface area contributed by atoms with Gasteiger partial charge in [-0.1, -0.05) is 119 Å². The van der Waals surface area contributed by atoms with E-state index in [1.54, 1.807) is 0 Å². The molecular formula is C33H48. The van der Waals surface area contributed by atoms with E-state index in [-0.39, 0.29) is 21.7 Å². The quantitative estimate of drug-likeness (QED) is 0.442. The maximum absolute atomic E-state index is 4.45. The molecule has 180 valence electrons. The van der Waals surface area contributed by atoms with E-state index in [1.165, 1.54) is 33.4 Å². The van der Waals surface area contributed by atoms with Gasteiger partial charge in [0.1, 0.15) is 0 Å². The fourth-order valence-corrected chi connectivity index (χ4v) is 4.41. The molecule has 0 amide bonds. The Morgan fingerprint density at radius 2 is 0.788 bits per heavy atom. The molecule has 0 aliphatic heterocycles. The third-order valence-corrected chi connectivity index (χ3v) is 6.46. The molecule has 2 aromatic carbocycles. The topological polar surface area (TPSA) is 0 Å². The van der Waals surface area contributed by atoms with Crippen LogP contribution in [0, 0.1) is 32.1 Å². The Morgan fingerprint density at radius 3 is 1.00 bits per heavy atom. The fraction of sp³-hybridized carbons (Fsp3) is 0.515. The van der Waals surface area contributed by atoms with E-state index in [0.717, 1.165) is 5.92 Å². The monoisotopic (exact) mass is 444 g/mol. The molecule has 0 atom stereocenters. The summed E-state index contributed by atoms with van der Waals surface area (Å²) in [5, 5.41) is 0. The summed E-state index contributed by atoms with van der Waals surface area (Å²) < 4.78 is 0. The van der Waals surface area contributed by atoms with Crippen molar-refractivity contribution in [2.45, 2.75) is 105 Å². The first kappa shape index (κ1) is 27.7. The SMILES string of the molecule is [CH2]C([CH2])([CH2])[C](c1ccc(C(C)(C)C)cc1C(C)(C)C)c1ccc(C(C)(C)C)cc1C(C)(C)C. The van der Waals surface area contributed by atoms with E-state index in [9.17, 15) is 0 Å². The minimum atomic E-state index is -0.744. The second-order valence-corrected chi connectivity index (χ2v) is 14.2. The molecule has 0 bridgehead atoms. The summed E-state index contributed by atoms with van der Waals surface area (Å²) in [4.78, 5) is 0. The Hall–Kier alpha value is -1.56. The minimum Gasteiger partial charge on any atom is -0.0582 e. The van der Waals surface area contributed by atoms with E-state index >= 15 is 0 Å². The summed E-state index contributed by atoms with van der Waals surface area (Å²) in [6.07, 6.45) is 0. The summed E-state index contributed by atoms with van der Waals surface area (Å²) in [6, 6.07) is 13.9. The van der Waals surface area contributed by atoms with Crippen LogP contribution in [0.2, 0.25) is 0 Å². The van der Waals surface area contributed by atoms with E-state index < -0.39 is 5.41 Å². The molecule has 0 heterocycles. The molecular weight excluding hydrogens is 396 g/mol. The van der Waals surface area contributed by atoms with E-state index in [1.807, 2.05) is 0 Å². The van der Waals surface area contributed by atoms with Gasteiger partial charge < -0.3 is 0 Å². The van der Waals surface area contributed by atoms with Crippen molar-refractivity contribution in [3.63, 3.8) is 0 Å². The van der Waals surface area contributed by atoms with E-state index in [2.05, 4.69) is 140 Å². The third-order valence-electron chi connectivity index (χ3n) is 6.46. The maximum atomic E-state index is 4.45. The van der Waals surface area contributed by atoms with Crippen LogP contribution in [0.25, 0.3) is 0 Å². The van der Waals surface area contributed by atoms with Gasteiger partial charge in [-0.25, -0.2) is 0 Å². The summed E-state index contributed by atoms with van der Waals surface area (Å²) in [6.45, 7) is 40.8. The van der Waals surface area contributed by atoms with Gasteiger partial charge in [-0.2, -0.15) is 0 Å². The number of hydrogen-bond donors (Lipinski definition) is 0. The zero-order valence-corrected chi connectivity index (χ0v) is 23.6. The van der Waals surface area contributed by atoms with Crippen molar-refractivity contribution in [2.24, 2.45) is 5.41 Å². The molecule has 0 unspecified atom stereocenters. The molecule has 0 aliphatic rings. The second-order valence-electron chi connectivity index (χ2n) is 14.2. The van der Waals surface area contributed by atoms with Gasteiger partial charge in [-0.15, -0.1) is 0 Å². The predicted octanol–water partition coefficient (Wildman–Crippen LogP) is 9.34. The highest BCUT2D eigenvalue weighted by molar-refractivity contribution is 5.60. The molecule has 0 saturated heterocycles. The van der Waals surface area contributed by atoms with Gasteiger partial charge in [0.05, 0.1) is 0 Å². The summed E-state index contributed by atoms with van der Waals surface area (Å²) in [5.41, 5.74) is 7.13. The maximum Gasteiger partial charge on any atom is 0.0407 e. The Bertz CT molecular complexity index is 892. The second kappa shape index (κ2) is 8.58. The molecule has 2 aromatic rings. The standard InChI is InChI=1S/C33H48/c1-29(2,3)22-16-18-24(26(20-22)31(7,8)9)28(33(13,14)15)25-19-17-23(30(4,5)6)21-27(25)32(10,11)12/h16-21H,13-15H2,1-12H3. The molecule has 0 nitrogen and oxygen atoms in total. The highest BCUT2D eigenvalue weighted by atomic mass is 14.4. The summed E-state index contributed by atoms with van der Waals surface area (Å²) >= 11 is 0. The van der Waals surface area contributed by atoms with Gasteiger partial charge in [0.25, 0.3) is 0 Å². The lowest BCUT2D eigenvalue weighted by molar-refractivity contribution is 0.549. The van der Waals surface area contributed by atoms with Crippen LogP contribution >= 0.6 is 0 Å². The Morgan fingerprint density at radius 1 is 0.485 bits per heavy atom. The molecule has 4 radical (unpaired) electrons. The molecule has 0 heteroatoms. The summed E-state index contributed by atoms with van der Waals surface area (Å²) in [7, 11) is 0. The van der Waals surface area contributed by atoms with Crippen molar-refractivity contribution in [1.29, 1.82) is 0 Å². The molecule has 0 N–H and O–H groups in total. The molecule has 0 aliphatic carbocycles. The first-order valence-corrected chi connectivity index (χ1v) is 12.3. The Labute approximate surface area is 206 Å². The first-order chi connectivity index (χ1) is 14.5. The van der Waals surface area contributed by atoms with Crippen LogP contribution in [0.4, 0.5) is 0 Å². The van der Waals surface area contributed by atoms with E-state index in [0.29, 0.717) is 0 Å². The minimum absolute atomic E-state index is 0.0274. The van der Waals surface area contributed by atoms with Gasteiger partial charge in [0, 0.05) is 5.92 Å². The molecule has 0 spiro atoms. The molecule has 2 rings (SSSR count). The van der Waals surface area contributed by atoms with Crippen molar-refractivity contribution < 1.29 is 0 Å². The van der Waals surface area contributed by atoms with Gasteiger partial charge in [-0.05, 0) is 81.2 Å². The highest BCUT2D eigenvalue weighted by Gasteiger charge is 2.37. The van der Waals surface area contributed by atoms with Crippen LogP contribution < -0.4 is 0 Å². The predicted molar refractivity (Wildman–Crippen MR) is 148 cm³/mol. The van der Waals surface area contributed by atoms with Gasteiger partial charge in [0.2, 0.25) is 0 Å². The van der Waals surface area contributed by atoms with E-state index in [4.69, 9.17) is 0 Å². The smallest absolute Gasteiger partial charge is 0.0407 e. The average Bonchev–Trinajstić information content (AvgIpc) is 2.57. The Kier molecular flexibility index (Phi) is 7.20. The molecule has 33 heavy (non-hydrogen) atoms. The normalized spacial score (nSPS) is 14.2. The summed E-state index contributed by atoms with van der Waals surface area (Å²) in [5.74, 6) is 1.12. The zero-order valence-electron chi connectivity index (χ0n) is 23.6. The molecule has 0 fully saturated rings. The Balaban J connectivity index is 2.94. The lowest BCUT2D eigenvalue weighted by Gasteiger charge is -2.39. The van der Waals surface area contributed by atoms with Crippen LogP contribution in [-0.4, -0.2) is 0 Å². The number of hydrogen-bond acceptors (Lipinski definition) is 0. The highest BCUT2D eigenvalue weighted by Crippen LogP contribution is 2.47. The van der Waals surface area contributed by atoms with Crippen LogP contribution in [0.3, 0.4) is 0 Å². The van der Waals surface area contributed by atoms with Crippen LogP contribution in [0.1, 0.15) is 116 Å².